The van der Waals surface area contributed by atoms with Crippen molar-refractivity contribution in [2.24, 2.45) is 0 Å². The Bertz CT molecular complexity index is 1110. The minimum atomic E-state index is -2.76. The number of alkyl carbamates (subject to hydrolysis) is 1. The molecule has 5 nitrogen and oxygen atoms in total. The lowest BCUT2D eigenvalue weighted by atomic mass is 10.0. The first-order chi connectivity index (χ1) is 21.9. The normalized spacial score (nSPS) is 13.1. The first-order valence-electron chi connectivity index (χ1n) is 17.9. The summed E-state index contributed by atoms with van der Waals surface area (Å²) in [7, 11) is -2.76. The molecule has 1 amide bonds. The maximum Gasteiger partial charge on any atom is 0.408 e. The first-order valence-corrected chi connectivity index (χ1v) is 19.8. The van der Waals surface area contributed by atoms with E-state index in [2.05, 4.69) is 81.5 Å². The number of nitrogens with one attached hydrogen (secondary N) is 1. The van der Waals surface area contributed by atoms with Gasteiger partial charge in [-0.25, -0.2) is 4.79 Å². The molecule has 1 N–H and O–H groups in total. The molecular weight excluding hydrogens is 587 g/mol. The van der Waals surface area contributed by atoms with E-state index in [0.717, 1.165) is 12.8 Å². The number of unbranched alkanes of at least 4 members (excludes halogenated alkanes) is 11. The van der Waals surface area contributed by atoms with Crippen molar-refractivity contribution < 1.29 is 18.8 Å². The number of ether oxygens (including phenoxy) is 1. The Labute approximate surface area is 282 Å². The van der Waals surface area contributed by atoms with Crippen LogP contribution in [-0.4, -0.2) is 38.4 Å². The Kier molecular flexibility index (Phi) is 17.6. The van der Waals surface area contributed by atoms with Gasteiger partial charge in [0.1, 0.15) is 5.60 Å². The van der Waals surface area contributed by atoms with Crippen LogP contribution in [0.3, 0.4) is 0 Å². The third-order valence-electron chi connectivity index (χ3n) is 8.43. The van der Waals surface area contributed by atoms with Crippen LogP contribution < -0.4 is 15.7 Å². The van der Waals surface area contributed by atoms with Crippen molar-refractivity contribution in [1.29, 1.82) is 0 Å². The minimum absolute atomic E-state index is 0.125. The molecule has 46 heavy (non-hydrogen) atoms. The van der Waals surface area contributed by atoms with E-state index in [-0.39, 0.29) is 10.8 Å². The van der Waals surface area contributed by atoms with E-state index < -0.39 is 26.1 Å². The number of amides is 1. The average Bonchev–Trinajstić information content (AvgIpc) is 3.00. The molecule has 0 aliphatic heterocycles. The van der Waals surface area contributed by atoms with Gasteiger partial charge in [0.05, 0.1) is 6.04 Å². The molecule has 0 spiro atoms. The van der Waals surface area contributed by atoms with E-state index in [9.17, 15) is 9.59 Å². The van der Waals surface area contributed by atoms with Crippen LogP contribution in [0.1, 0.15) is 132 Å². The fourth-order valence-corrected chi connectivity index (χ4v) is 10.6. The van der Waals surface area contributed by atoms with Gasteiger partial charge >= 0.3 is 6.09 Å². The summed E-state index contributed by atoms with van der Waals surface area (Å²) in [6, 6.07) is 20.2. The first kappa shape index (κ1) is 39.5. The predicted octanol–water partition coefficient (Wildman–Crippen LogP) is 9.67. The average molecular weight is 650 g/mol. The molecule has 0 unspecified atom stereocenters. The predicted molar refractivity (Wildman–Crippen MR) is 197 cm³/mol. The lowest BCUT2D eigenvalue weighted by Gasteiger charge is -2.43. The van der Waals surface area contributed by atoms with Crippen molar-refractivity contribution in [3.8, 4) is 0 Å². The van der Waals surface area contributed by atoms with Gasteiger partial charge in [0.2, 0.25) is 0 Å². The maximum atomic E-state index is 13.4. The van der Waals surface area contributed by atoms with Crippen molar-refractivity contribution >= 4 is 30.6 Å². The highest BCUT2D eigenvalue weighted by molar-refractivity contribution is 6.99. The molecule has 0 aliphatic carbocycles. The summed E-state index contributed by atoms with van der Waals surface area (Å²) in [5.74, 6) is -0.125. The third-order valence-corrected chi connectivity index (χ3v) is 13.5. The number of benzene rings is 2. The molecular formula is C40H63NO4Si. The minimum Gasteiger partial charge on any atom is -0.444 e. The number of carbonyl (C=O) groups is 2. The zero-order valence-electron chi connectivity index (χ0n) is 30.0. The molecule has 2 aromatic rings. The van der Waals surface area contributed by atoms with Gasteiger partial charge < -0.3 is 14.5 Å². The molecule has 0 radical (unpaired) electrons. The molecule has 0 saturated heterocycles. The molecule has 2 rings (SSSR count). The highest BCUT2D eigenvalue weighted by Crippen LogP contribution is 2.36. The molecule has 0 saturated carbocycles. The Morgan fingerprint density at radius 1 is 0.739 bits per heavy atom. The number of ketones is 1. The Balaban J connectivity index is 2.04. The lowest BCUT2D eigenvalue weighted by Crippen LogP contribution is -2.66. The van der Waals surface area contributed by atoms with E-state index in [1.165, 1.54) is 74.6 Å². The van der Waals surface area contributed by atoms with Crippen LogP contribution in [0.4, 0.5) is 4.79 Å². The monoisotopic (exact) mass is 649 g/mol. The SMILES string of the molecule is CCCCCCCCCCCCC/C=C/C(=O)[C@H](CCO[Si](c1ccccc1)(c1ccccc1)C(C)(C)C)NC(=O)OC(C)(C)C. The van der Waals surface area contributed by atoms with E-state index in [4.69, 9.17) is 9.16 Å². The fourth-order valence-electron chi connectivity index (χ4n) is 6.07. The Morgan fingerprint density at radius 3 is 1.67 bits per heavy atom. The summed E-state index contributed by atoms with van der Waals surface area (Å²) in [6.07, 6.45) is 18.5. The highest BCUT2D eigenvalue weighted by Gasteiger charge is 2.50. The van der Waals surface area contributed by atoms with E-state index >= 15 is 0 Å². The summed E-state index contributed by atoms with van der Waals surface area (Å²) in [5, 5.41) is 5.04. The molecule has 256 valence electrons. The van der Waals surface area contributed by atoms with Gasteiger partial charge in [-0.1, -0.05) is 159 Å². The van der Waals surface area contributed by atoms with Crippen molar-refractivity contribution in [2.75, 3.05) is 6.61 Å². The zero-order chi connectivity index (χ0) is 33.9. The molecule has 0 fully saturated rings. The van der Waals surface area contributed by atoms with Gasteiger partial charge in [0, 0.05) is 6.61 Å². The Morgan fingerprint density at radius 2 is 1.22 bits per heavy atom. The van der Waals surface area contributed by atoms with Crippen LogP contribution in [0.15, 0.2) is 72.8 Å². The van der Waals surface area contributed by atoms with E-state index in [1.807, 2.05) is 39.0 Å². The number of hydrogen-bond donors (Lipinski definition) is 1. The van der Waals surface area contributed by atoms with Crippen LogP contribution in [0.25, 0.3) is 0 Å². The van der Waals surface area contributed by atoms with Crippen LogP contribution in [0, 0.1) is 0 Å². The highest BCUT2D eigenvalue weighted by atomic mass is 28.4. The van der Waals surface area contributed by atoms with Crippen LogP contribution in [0.5, 0.6) is 0 Å². The van der Waals surface area contributed by atoms with Gasteiger partial charge in [0.25, 0.3) is 8.32 Å². The van der Waals surface area contributed by atoms with Gasteiger partial charge in [-0.3, -0.25) is 4.79 Å². The number of allylic oxidation sites excluding steroid dienone is 1. The van der Waals surface area contributed by atoms with E-state index in [0.29, 0.717) is 13.0 Å². The largest absolute Gasteiger partial charge is 0.444 e. The number of rotatable bonds is 21. The quantitative estimate of drug-likeness (QED) is 0.0831. The molecule has 0 aromatic heterocycles. The second-order valence-electron chi connectivity index (χ2n) is 14.6. The Hall–Kier alpha value is -2.70. The van der Waals surface area contributed by atoms with Gasteiger partial charge in [0.15, 0.2) is 5.78 Å². The lowest BCUT2D eigenvalue weighted by molar-refractivity contribution is -0.116. The standard InChI is InChI=1S/C40H63NO4Si/c1-8-9-10-11-12-13-14-15-16-17-18-19-26-31-37(42)36(41-38(43)45-39(2,3)4)32-33-44-46(40(5,6)7,34-27-22-20-23-28-34)35-29-24-21-25-30-35/h20-31,36H,8-19,32-33H2,1-7H3,(H,41,43)/b31-26+/t36-/m0/s1. The second-order valence-corrected chi connectivity index (χ2v) is 18.9. The number of hydrogen-bond acceptors (Lipinski definition) is 4. The molecule has 0 aliphatic rings. The third kappa shape index (κ3) is 14.0. The van der Waals surface area contributed by atoms with Gasteiger partial charge in [-0.2, -0.15) is 0 Å². The van der Waals surface area contributed by atoms with Gasteiger partial charge in [-0.15, -0.1) is 0 Å². The van der Waals surface area contributed by atoms with Crippen LogP contribution >= 0.6 is 0 Å². The smallest absolute Gasteiger partial charge is 0.408 e. The molecule has 2 aromatic carbocycles. The summed E-state index contributed by atoms with van der Waals surface area (Å²) in [6.45, 7) is 14.8. The maximum absolute atomic E-state index is 13.4. The molecule has 0 bridgehead atoms. The van der Waals surface area contributed by atoms with Crippen molar-refractivity contribution in [1.82, 2.24) is 5.32 Å². The van der Waals surface area contributed by atoms with Crippen LogP contribution in [-0.2, 0) is 14.0 Å². The number of carbonyl (C=O) groups excluding carboxylic acids is 2. The van der Waals surface area contributed by atoms with Crippen molar-refractivity contribution in [2.45, 2.75) is 149 Å². The second kappa shape index (κ2) is 20.5. The molecule has 0 heterocycles. The fraction of sp³-hybridized carbons (Fsp3) is 0.600. The summed E-state index contributed by atoms with van der Waals surface area (Å²) in [5.41, 5.74) is -0.659. The summed E-state index contributed by atoms with van der Waals surface area (Å²) >= 11 is 0. The van der Waals surface area contributed by atoms with E-state index in [1.54, 1.807) is 6.08 Å². The van der Waals surface area contributed by atoms with Gasteiger partial charge in [-0.05, 0) is 61.5 Å². The summed E-state index contributed by atoms with van der Waals surface area (Å²) in [4.78, 5) is 26.2. The van der Waals surface area contributed by atoms with Crippen molar-refractivity contribution in [3.63, 3.8) is 0 Å². The molecule has 1 atom stereocenters. The van der Waals surface area contributed by atoms with Crippen LogP contribution in [0.2, 0.25) is 5.04 Å². The van der Waals surface area contributed by atoms with Crippen molar-refractivity contribution in [3.05, 3.63) is 72.8 Å². The topological polar surface area (TPSA) is 64.6 Å². The zero-order valence-corrected chi connectivity index (χ0v) is 31.0. The molecule has 6 heteroatoms. The summed E-state index contributed by atoms with van der Waals surface area (Å²) < 4.78 is 12.5.